The van der Waals surface area contributed by atoms with Gasteiger partial charge in [0.2, 0.25) is 0 Å². The minimum Gasteiger partial charge on any atom is -0.331 e. The summed E-state index contributed by atoms with van der Waals surface area (Å²) in [5.41, 5.74) is 0. The van der Waals surface area contributed by atoms with Crippen molar-refractivity contribution >= 4 is 6.03 Å². The first-order chi connectivity index (χ1) is 6.02. The maximum absolute atomic E-state index is 11.5. The molecule has 0 aromatic carbocycles. The molecule has 4 nitrogen and oxygen atoms in total. The maximum Gasteiger partial charge on any atom is 0.319 e. The van der Waals surface area contributed by atoms with Crippen molar-refractivity contribution in [3.63, 3.8) is 0 Å². The molecule has 0 aromatic heterocycles. The Morgan fingerprint density at radius 3 is 2.31 bits per heavy atom. The number of amides is 2. The number of carbonyl (C=O) groups excluding carboxylic acids is 1. The summed E-state index contributed by atoms with van der Waals surface area (Å²) in [6.45, 7) is 1.75. The van der Waals surface area contributed by atoms with Crippen molar-refractivity contribution in [2.24, 2.45) is 0 Å². The first-order valence-corrected chi connectivity index (χ1v) is 4.65. The predicted molar refractivity (Wildman–Crippen MR) is 52.7 cm³/mol. The van der Waals surface area contributed by atoms with E-state index in [-0.39, 0.29) is 6.03 Å². The molecule has 1 aliphatic rings. The summed E-state index contributed by atoms with van der Waals surface area (Å²) in [5, 5.41) is 0. The predicted octanol–water partition coefficient (Wildman–Crippen LogP) is 0.304. The Hall–Kier alpha value is -0.770. The topological polar surface area (TPSA) is 26.8 Å². The minimum atomic E-state index is 0.129. The van der Waals surface area contributed by atoms with Crippen molar-refractivity contribution < 1.29 is 4.79 Å². The number of likely N-dealkylation sites (tertiary alicyclic amines) is 1. The van der Waals surface area contributed by atoms with Crippen LogP contribution >= 0.6 is 0 Å². The average molecular weight is 185 g/mol. The zero-order valence-corrected chi connectivity index (χ0v) is 8.95. The van der Waals surface area contributed by atoms with Gasteiger partial charge in [-0.2, -0.15) is 0 Å². The van der Waals surface area contributed by atoms with Crippen LogP contribution in [0.5, 0.6) is 0 Å². The van der Waals surface area contributed by atoms with Crippen LogP contribution in [-0.4, -0.2) is 68.1 Å². The van der Waals surface area contributed by atoms with Crippen LogP contribution in [0.2, 0.25) is 0 Å². The number of nitrogens with zero attached hydrogens (tertiary/aromatic N) is 3. The zero-order chi connectivity index (χ0) is 10.0. The first kappa shape index (κ1) is 10.3. The third-order valence-electron chi connectivity index (χ3n) is 2.55. The van der Waals surface area contributed by atoms with Crippen molar-refractivity contribution in [2.75, 3.05) is 41.3 Å². The summed E-state index contributed by atoms with van der Waals surface area (Å²) in [6, 6.07) is 0.660. The minimum absolute atomic E-state index is 0.129. The Balaban J connectivity index is 2.45. The Labute approximate surface area is 80.1 Å². The summed E-state index contributed by atoms with van der Waals surface area (Å²) < 4.78 is 0. The number of rotatable bonds is 1. The number of urea groups is 1. The molecule has 76 valence electrons. The molecular formula is C9H19N3O. The van der Waals surface area contributed by atoms with Gasteiger partial charge in [0, 0.05) is 33.2 Å². The molecule has 1 saturated heterocycles. The van der Waals surface area contributed by atoms with E-state index >= 15 is 0 Å². The fourth-order valence-electron chi connectivity index (χ4n) is 1.62. The van der Waals surface area contributed by atoms with Crippen molar-refractivity contribution in [1.29, 1.82) is 0 Å². The maximum atomic E-state index is 11.5. The van der Waals surface area contributed by atoms with Crippen LogP contribution in [-0.2, 0) is 0 Å². The molecule has 1 atom stereocenters. The SMILES string of the molecule is CN(C)C(=O)N1CCC(N(C)C)C1. The highest BCUT2D eigenvalue weighted by molar-refractivity contribution is 5.74. The summed E-state index contributed by atoms with van der Waals surface area (Å²) in [7, 11) is 7.72. The van der Waals surface area contributed by atoms with Gasteiger partial charge in [0.15, 0.2) is 0 Å². The van der Waals surface area contributed by atoms with E-state index in [1.807, 2.05) is 4.90 Å². The van der Waals surface area contributed by atoms with Crippen molar-refractivity contribution in [2.45, 2.75) is 12.5 Å². The van der Waals surface area contributed by atoms with E-state index in [2.05, 4.69) is 19.0 Å². The Kier molecular flexibility index (Phi) is 3.14. The highest BCUT2D eigenvalue weighted by Crippen LogP contribution is 2.13. The molecule has 2 amide bonds. The number of likely N-dealkylation sites (N-methyl/N-ethyl adjacent to an activating group) is 1. The molecule has 0 aromatic rings. The van der Waals surface area contributed by atoms with Crippen LogP contribution in [0.15, 0.2) is 0 Å². The smallest absolute Gasteiger partial charge is 0.319 e. The third-order valence-corrected chi connectivity index (χ3v) is 2.55. The highest BCUT2D eigenvalue weighted by Gasteiger charge is 2.27. The second-order valence-corrected chi connectivity index (χ2v) is 4.03. The van der Waals surface area contributed by atoms with E-state index in [4.69, 9.17) is 0 Å². The van der Waals surface area contributed by atoms with Crippen LogP contribution in [0.25, 0.3) is 0 Å². The zero-order valence-electron chi connectivity index (χ0n) is 8.95. The standard InChI is InChI=1S/C9H19N3O/c1-10(2)8-5-6-12(7-8)9(13)11(3)4/h8H,5-7H2,1-4H3. The highest BCUT2D eigenvalue weighted by atomic mass is 16.2. The van der Waals surface area contributed by atoms with E-state index in [9.17, 15) is 4.79 Å². The van der Waals surface area contributed by atoms with Crippen molar-refractivity contribution in [1.82, 2.24) is 14.7 Å². The fraction of sp³-hybridized carbons (Fsp3) is 0.889. The summed E-state index contributed by atoms with van der Waals surface area (Å²) in [4.78, 5) is 17.3. The van der Waals surface area contributed by atoms with Gasteiger partial charge in [-0.15, -0.1) is 0 Å². The molecule has 0 saturated carbocycles. The lowest BCUT2D eigenvalue weighted by atomic mass is 10.2. The van der Waals surface area contributed by atoms with Crippen LogP contribution in [0.4, 0.5) is 4.79 Å². The molecule has 1 heterocycles. The Bertz CT molecular complexity index is 191. The van der Waals surface area contributed by atoms with E-state index in [0.717, 1.165) is 19.5 Å². The second kappa shape index (κ2) is 3.96. The molecule has 13 heavy (non-hydrogen) atoms. The van der Waals surface area contributed by atoms with Gasteiger partial charge < -0.3 is 14.7 Å². The lowest BCUT2D eigenvalue weighted by molar-refractivity contribution is 0.177. The van der Waals surface area contributed by atoms with Gasteiger partial charge in [-0.25, -0.2) is 4.79 Å². The van der Waals surface area contributed by atoms with Crippen LogP contribution in [0, 0.1) is 0 Å². The normalized spacial score (nSPS) is 22.5. The molecule has 0 bridgehead atoms. The van der Waals surface area contributed by atoms with Gasteiger partial charge in [0.25, 0.3) is 0 Å². The Morgan fingerprint density at radius 2 is 1.92 bits per heavy atom. The van der Waals surface area contributed by atoms with Crippen LogP contribution in [0.1, 0.15) is 6.42 Å². The largest absolute Gasteiger partial charge is 0.331 e. The quantitative estimate of drug-likeness (QED) is 0.587. The molecule has 1 rings (SSSR count). The van der Waals surface area contributed by atoms with Crippen molar-refractivity contribution in [3.8, 4) is 0 Å². The Morgan fingerprint density at radius 1 is 1.31 bits per heavy atom. The summed E-state index contributed by atoms with van der Waals surface area (Å²) in [6.07, 6.45) is 1.09. The molecule has 4 heteroatoms. The lowest BCUT2D eigenvalue weighted by Gasteiger charge is -2.23. The van der Waals surface area contributed by atoms with E-state index in [1.54, 1.807) is 19.0 Å². The lowest BCUT2D eigenvalue weighted by Crippen LogP contribution is -2.39. The third kappa shape index (κ3) is 2.34. The average Bonchev–Trinajstić information content (AvgIpc) is 2.50. The fourth-order valence-corrected chi connectivity index (χ4v) is 1.62. The van der Waals surface area contributed by atoms with Crippen LogP contribution < -0.4 is 0 Å². The van der Waals surface area contributed by atoms with Gasteiger partial charge in [-0.05, 0) is 20.5 Å². The van der Waals surface area contributed by atoms with E-state index < -0.39 is 0 Å². The van der Waals surface area contributed by atoms with Gasteiger partial charge in [0.1, 0.15) is 0 Å². The second-order valence-electron chi connectivity index (χ2n) is 4.03. The molecule has 0 radical (unpaired) electrons. The molecule has 1 fully saturated rings. The number of carbonyl (C=O) groups is 1. The van der Waals surface area contributed by atoms with Crippen molar-refractivity contribution in [3.05, 3.63) is 0 Å². The molecular weight excluding hydrogens is 166 g/mol. The van der Waals surface area contributed by atoms with Crippen LogP contribution in [0.3, 0.4) is 0 Å². The molecule has 0 spiro atoms. The molecule has 0 aliphatic carbocycles. The molecule has 1 aliphatic heterocycles. The molecule has 0 N–H and O–H groups in total. The van der Waals surface area contributed by atoms with Gasteiger partial charge >= 0.3 is 6.03 Å². The number of hydrogen-bond donors (Lipinski definition) is 0. The van der Waals surface area contributed by atoms with E-state index in [1.165, 1.54) is 0 Å². The number of hydrogen-bond acceptors (Lipinski definition) is 2. The van der Waals surface area contributed by atoms with E-state index in [0.29, 0.717) is 6.04 Å². The first-order valence-electron chi connectivity index (χ1n) is 4.65. The molecule has 1 unspecified atom stereocenters. The summed E-state index contributed by atoms with van der Waals surface area (Å²) >= 11 is 0. The van der Waals surface area contributed by atoms with Gasteiger partial charge in [-0.3, -0.25) is 0 Å². The van der Waals surface area contributed by atoms with Gasteiger partial charge in [0.05, 0.1) is 0 Å². The van der Waals surface area contributed by atoms with Gasteiger partial charge in [-0.1, -0.05) is 0 Å². The monoisotopic (exact) mass is 185 g/mol. The summed E-state index contributed by atoms with van der Waals surface area (Å²) in [5.74, 6) is 0.